The zero-order chi connectivity index (χ0) is 8.55. The molecule has 0 unspecified atom stereocenters. The van der Waals surface area contributed by atoms with Crippen molar-refractivity contribution in [3.05, 3.63) is 18.2 Å². The topological polar surface area (TPSA) is 52.0 Å². The lowest BCUT2D eigenvalue weighted by atomic mass is 10.3. The van der Waals surface area contributed by atoms with Gasteiger partial charge in [0.05, 0.1) is 0 Å². The number of nitrogens with zero attached hydrogens (tertiary/aromatic N) is 1. The molecule has 2 N–H and O–H groups in total. The van der Waals surface area contributed by atoms with Crippen molar-refractivity contribution in [2.24, 2.45) is 0 Å². The first-order valence-electron chi connectivity index (χ1n) is 3.49. The van der Waals surface area contributed by atoms with Crippen LogP contribution in [0, 0.1) is 0 Å². The van der Waals surface area contributed by atoms with Crippen molar-refractivity contribution in [2.75, 3.05) is 12.0 Å². The van der Waals surface area contributed by atoms with Crippen LogP contribution in [0.1, 0.15) is 0 Å². The Balaban J connectivity index is 2.66. The van der Waals surface area contributed by atoms with Gasteiger partial charge >= 0.3 is 0 Å². The summed E-state index contributed by atoms with van der Waals surface area (Å²) in [5, 5.41) is 0. The maximum Gasteiger partial charge on any atom is 0.292 e. The number of aromatic nitrogens is 1. The third-order valence-corrected chi connectivity index (χ3v) is 2.34. The predicted octanol–water partition coefficient (Wildman–Crippen LogP) is 2.13. The van der Waals surface area contributed by atoms with Gasteiger partial charge in [0.15, 0.2) is 5.58 Å². The first kappa shape index (κ1) is 7.49. The minimum atomic E-state index is 0.225. The lowest BCUT2D eigenvalue weighted by Gasteiger charge is -1.92. The van der Waals surface area contributed by atoms with Crippen LogP contribution in [0.4, 0.5) is 6.01 Å². The van der Waals surface area contributed by atoms with Gasteiger partial charge in [-0.1, -0.05) is 0 Å². The van der Waals surface area contributed by atoms with Crippen LogP contribution in [0.3, 0.4) is 0 Å². The van der Waals surface area contributed by atoms with Crippen molar-refractivity contribution in [1.29, 1.82) is 0 Å². The molecule has 0 amide bonds. The van der Waals surface area contributed by atoms with E-state index >= 15 is 0 Å². The minimum Gasteiger partial charge on any atom is -0.424 e. The normalized spacial score (nSPS) is 10.8. The van der Waals surface area contributed by atoms with Crippen molar-refractivity contribution < 1.29 is 4.42 Å². The van der Waals surface area contributed by atoms with Crippen LogP contribution in [0.15, 0.2) is 27.5 Å². The van der Waals surface area contributed by atoms with E-state index in [9.17, 15) is 0 Å². The molecule has 0 bridgehead atoms. The summed E-state index contributed by atoms with van der Waals surface area (Å²) in [6.45, 7) is 0. The molecule has 0 saturated carbocycles. The van der Waals surface area contributed by atoms with E-state index in [1.807, 2.05) is 24.5 Å². The highest BCUT2D eigenvalue weighted by atomic mass is 32.2. The summed E-state index contributed by atoms with van der Waals surface area (Å²) >= 11 is 1.67. The summed E-state index contributed by atoms with van der Waals surface area (Å²) in [7, 11) is 0. The molecule has 0 aliphatic carbocycles. The minimum absolute atomic E-state index is 0.225. The fourth-order valence-corrected chi connectivity index (χ4v) is 1.49. The average Bonchev–Trinajstić information content (AvgIpc) is 2.43. The molecule has 1 aromatic heterocycles. The fraction of sp³-hybridized carbons (Fsp3) is 0.125. The van der Waals surface area contributed by atoms with E-state index in [0.717, 1.165) is 16.0 Å². The number of nitrogen functional groups attached to an aromatic ring is 1. The van der Waals surface area contributed by atoms with E-state index in [2.05, 4.69) is 4.98 Å². The maximum absolute atomic E-state index is 5.40. The SMILES string of the molecule is CSc1ccc2oc(N)nc2c1. The number of hydrogen-bond donors (Lipinski definition) is 1. The predicted molar refractivity (Wildman–Crippen MR) is 50.2 cm³/mol. The molecule has 0 spiro atoms. The summed E-state index contributed by atoms with van der Waals surface area (Å²) in [4.78, 5) is 5.18. The van der Waals surface area contributed by atoms with E-state index < -0.39 is 0 Å². The molecule has 12 heavy (non-hydrogen) atoms. The molecule has 2 aromatic rings. The first-order valence-corrected chi connectivity index (χ1v) is 4.72. The van der Waals surface area contributed by atoms with Crippen LogP contribution in [0.25, 0.3) is 11.1 Å². The molecule has 0 fully saturated rings. The number of rotatable bonds is 1. The second kappa shape index (κ2) is 2.71. The van der Waals surface area contributed by atoms with Gasteiger partial charge < -0.3 is 10.2 Å². The summed E-state index contributed by atoms with van der Waals surface area (Å²) in [5.74, 6) is 0. The maximum atomic E-state index is 5.40. The van der Waals surface area contributed by atoms with Crippen molar-refractivity contribution >= 4 is 28.9 Å². The van der Waals surface area contributed by atoms with E-state index in [0.29, 0.717) is 0 Å². The Labute approximate surface area is 74.0 Å². The Hall–Kier alpha value is -1.16. The highest BCUT2D eigenvalue weighted by molar-refractivity contribution is 7.98. The van der Waals surface area contributed by atoms with E-state index in [1.165, 1.54) is 0 Å². The van der Waals surface area contributed by atoms with Crippen LogP contribution in [-0.2, 0) is 0 Å². The third kappa shape index (κ3) is 1.14. The molecule has 0 aliphatic heterocycles. The standard InChI is InChI=1S/C8H8N2OS/c1-12-5-2-3-7-6(4-5)10-8(9)11-7/h2-4H,1H3,(H2,9,10). The van der Waals surface area contributed by atoms with Gasteiger partial charge in [0, 0.05) is 4.90 Å². The van der Waals surface area contributed by atoms with E-state index in [-0.39, 0.29) is 6.01 Å². The fourth-order valence-electron chi connectivity index (χ4n) is 1.05. The molecule has 1 aromatic carbocycles. The summed E-state index contributed by atoms with van der Waals surface area (Å²) < 4.78 is 5.12. The Kier molecular flexibility index (Phi) is 1.69. The van der Waals surface area contributed by atoms with E-state index in [4.69, 9.17) is 10.2 Å². The zero-order valence-electron chi connectivity index (χ0n) is 6.57. The van der Waals surface area contributed by atoms with Crippen LogP contribution in [0.2, 0.25) is 0 Å². The average molecular weight is 180 g/mol. The summed E-state index contributed by atoms with van der Waals surface area (Å²) in [6, 6.07) is 6.05. The van der Waals surface area contributed by atoms with Gasteiger partial charge in [-0.2, -0.15) is 4.98 Å². The number of anilines is 1. The second-order valence-corrected chi connectivity index (χ2v) is 3.27. The van der Waals surface area contributed by atoms with Crippen LogP contribution < -0.4 is 5.73 Å². The molecule has 2 rings (SSSR count). The molecule has 0 aliphatic rings. The molecule has 3 nitrogen and oxygen atoms in total. The van der Waals surface area contributed by atoms with Gasteiger partial charge in [0.2, 0.25) is 0 Å². The molecule has 4 heteroatoms. The number of nitrogens with two attached hydrogens (primary N) is 1. The van der Waals surface area contributed by atoms with Crippen molar-refractivity contribution in [3.8, 4) is 0 Å². The molecule has 0 saturated heterocycles. The van der Waals surface area contributed by atoms with Gasteiger partial charge in [-0.05, 0) is 24.5 Å². The van der Waals surface area contributed by atoms with Gasteiger partial charge in [0.25, 0.3) is 6.01 Å². The van der Waals surface area contributed by atoms with Crippen LogP contribution in [-0.4, -0.2) is 11.2 Å². The monoisotopic (exact) mass is 180 g/mol. The number of fused-ring (bicyclic) bond motifs is 1. The number of benzene rings is 1. The third-order valence-electron chi connectivity index (χ3n) is 1.61. The number of oxazole rings is 1. The first-order chi connectivity index (χ1) is 5.79. The quantitative estimate of drug-likeness (QED) is 0.683. The van der Waals surface area contributed by atoms with Crippen molar-refractivity contribution in [1.82, 2.24) is 4.98 Å². The van der Waals surface area contributed by atoms with Gasteiger partial charge in [0.1, 0.15) is 5.52 Å². The highest BCUT2D eigenvalue weighted by Crippen LogP contribution is 2.22. The van der Waals surface area contributed by atoms with Gasteiger partial charge in [-0.15, -0.1) is 11.8 Å². The molecular weight excluding hydrogens is 172 g/mol. The summed E-state index contributed by atoms with van der Waals surface area (Å²) in [5.41, 5.74) is 6.96. The van der Waals surface area contributed by atoms with Crippen molar-refractivity contribution in [2.45, 2.75) is 4.90 Å². The molecule has 0 radical (unpaired) electrons. The Morgan fingerprint density at radius 1 is 1.50 bits per heavy atom. The highest BCUT2D eigenvalue weighted by Gasteiger charge is 2.02. The van der Waals surface area contributed by atoms with Gasteiger partial charge in [-0.25, -0.2) is 0 Å². The van der Waals surface area contributed by atoms with Crippen LogP contribution in [0.5, 0.6) is 0 Å². The largest absolute Gasteiger partial charge is 0.424 e. The summed E-state index contributed by atoms with van der Waals surface area (Å²) in [6.07, 6.45) is 2.02. The molecular formula is C8H8N2OS. The smallest absolute Gasteiger partial charge is 0.292 e. The molecule has 0 atom stereocenters. The Bertz CT molecular complexity index is 410. The van der Waals surface area contributed by atoms with E-state index in [1.54, 1.807) is 11.8 Å². The Morgan fingerprint density at radius 3 is 3.08 bits per heavy atom. The van der Waals surface area contributed by atoms with Gasteiger partial charge in [-0.3, -0.25) is 0 Å². The van der Waals surface area contributed by atoms with Crippen molar-refractivity contribution in [3.63, 3.8) is 0 Å². The zero-order valence-corrected chi connectivity index (χ0v) is 7.39. The lowest BCUT2D eigenvalue weighted by Crippen LogP contribution is -1.80. The number of thioether (sulfide) groups is 1. The number of hydrogen-bond acceptors (Lipinski definition) is 4. The molecule has 1 heterocycles. The Morgan fingerprint density at radius 2 is 2.33 bits per heavy atom. The second-order valence-electron chi connectivity index (χ2n) is 2.39. The molecule has 62 valence electrons. The van der Waals surface area contributed by atoms with Crippen LogP contribution >= 0.6 is 11.8 Å². The lowest BCUT2D eigenvalue weighted by molar-refractivity contribution is 0.626.